The second kappa shape index (κ2) is 2.43. The van der Waals surface area contributed by atoms with E-state index in [4.69, 9.17) is 9.85 Å². The van der Waals surface area contributed by atoms with Crippen molar-refractivity contribution >= 4 is 5.91 Å². The van der Waals surface area contributed by atoms with Crippen LogP contribution in [0.1, 0.15) is 20.3 Å². The first-order valence-electron chi connectivity index (χ1n) is 4.03. The second-order valence-electron chi connectivity index (χ2n) is 1.66. The van der Waals surface area contributed by atoms with E-state index in [-0.39, 0.29) is 11.4 Å². The van der Waals surface area contributed by atoms with Gasteiger partial charge in [0.15, 0.2) is 0 Å². The molecule has 1 aromatic heterocycles. The number of hydrogen-bond acceptors (Lipinski definition) is 3. The molecule has 0 atom stereocenters. The molecule has 1 amide bonds. The highest BCUT2D eigenvalue weighted by Gasteiger charge is 1.98. The number of nitrogens with zero attached hydrogens (tertiary/aromatic N) is 2. The number of primary amides is 1. The molecule has 0 saturated carbocycles. The molecule has 1 aromatic rings. The summed E-state index contributed by atoms with van der Waals surface area (Å²) in [7, 11) is 0. The summed E-state index contributed by atoms with van der Waals surface area (Å²) < 4.78 is 20.8. The van der Waals surface area contributed by atoms with Gasteiger partial charge in [-0.25, -0.2) is 9.97 Å². The smallest absolute Gasteiger partial charge is 0.251 e. The maximum atomic E-state index is 10.6. The topological polar surface area (TPSA) is 68.9 Å². The number of rotatable bonds is 1. The summed E-state index contributed by atoms with van der Waals surface area (Å²) in [6, 6.07) is 0. The molecule has 0 aliphatic carbocycles. The molecule has 0 bridgehead atoms. The van der Waals surface area contributed by atoms with Crippen LogP contribution in [-0.4, -0.2) is 15.9 Å². The first-order chi connectivity index (χ1) is 5.91. The van der Waals surface area contributed by atoms with E-state index in [2.05, 4.69) is 9.97 Å². The van der Waals surface area contributed by atoms with Gasteiger partial charge in [-0.2, -0.15) is 0 Å². The zero-order valence-electron chi connectivity index (χ0n) is 8.03. The molecule has 52 valence electrons. The largest absolute Gasteiger partial charge is 0.366 e. The lowest BCUT2D eigenvalue weighted by atomic mass is 10.3. The van der Waals surface area contributed by atoms with Gasteiger partial charge in [0.25, 0.3) is 5.91 Å². The molecule has 0 saturated heterocycles. The van der Waals surface area contributed by atoms with E-state index in [1.54, 1.807) is 0 Å². The number of nitrogens with two attached hydrogens (primary N) is 1. The van der Waals surface area contributed by atoms with Gasteiger partial charge in [0, 0.05) is 16.5 Å². The Kier molecular flexibility index (Phi) is 0.887. The third-order valence-corrected chi connectivity index (χ3v) is 0.936. The maximum Gasteiger partial charge on any atom is 0.251 e. The van der Waals surface area contributed by atoms with Crippen LogP contribution in [0, 0.1) is 6.85 Å². The van der Waals surface area contributed by atoms with Crippen molar-refractivity contribution in [3.05, 3.63) is 23.8 Å². The molecule has 0 aliphatic rings. The highest BCUT2D eigenvalue weighted by atomic mass is 16.1. The molecule has 0 unspecified atom stereocenters. The lowest BCUT2D eigenvalue weighted by Crippen LogP contribution is -2.11. The molecule has 0 aromatic carbocycles. The summed E-state index contributed by atoms with van der Waals surface area (Å²) in [4.78, 5) is 17.6. The predicted molar refractivity (Wildman–Crippen MR) is 35.3 cm³/mol. The minimum atomic E-state index is -2.35. The average Bonchev–Trinajstić information content (AvgIpc) is 2.03. The second-order valence-corrected chi connectivity index (χ2v) is 1.66. The normalized spacial score (nSPS) is 15.0. The summed E-state index contributed by atoms with van der Waals surface area (Å²) in [6.45, 7) is -2.35. The number of aryl methyl sites for hydroxylation is 1. The Balaban J connectivity index is 3.01. The highest BCUT2D eigenvalue weighted by Crippen LogP contribution is 1.92. The van der Waals surface area contributed by atoms with Crippen molar-refractivity contribution in [2.24, 2.45) is 5.73 Å². The number of aromatic nitrogens is 2. The van der Waals surface area contributed by atoms with Crippen molar-refractivity contribution in [1.82, 2.24) is 9.97 Å². The molecular formula is C6H7N3O. The Bertz CT molecular complexity index is 319. The quantitative estimate of drug-likeness (QED) is 0.591. The molecular weight excluding hydrogens is 130 g/mol. The van der Waals surface area contributed by atoms with Gasteiger partial charge in [0.1, 0.15) is 5.82 Å². The van der Waals surface area contributed by atoms with Crippen molar-refractivity contribution in [1.29, 1.82) is 0 Å². The van der Waals surface area contributed by atoms with E-state index < -0.39 is 12.8 Å². The van der Waals surface area contributed by atoms with E-state index in [0.717, 1.165) is 12.4 Å². The van der Waals surface area contributed by atoms with Crippen LogP contribution in [-0.2, 0) is 0 Å². The van der Waals surface area contributed by atoms with Gasteiger partial charge >= 0.3 is 0 Å². The minimum Gasteiger partial charge on any atom is -0.366 e. The monoisotopic (exact) mass is 140 g/mol. The van der Waals surface area contributed by atoms with Gasteiger partial charge in [0.2, 0.25) is 0 Å². The first-order valence-corrected chi connectivity index (χ1v) is 2.53. The van der Waals surface area contributed by atoms with Crippen LogP contribution >= 0.6 is 0 Å². The highest BCUT2D eigenvalue weighted by molar-refractivity contribution is 5.91. The molecule has 0 aliphatic heterocycles. The number of amides is 1. The first kappa shape index (κ1) is 3.65. The van der Waals surface area contributed by atoms with E-state index >= 15 is 0 Å². The van der Waals surface area contributed by atoms with E-state index in [1.165, 1.54) is 0 Å². The predicted octanol–water partition coefficient (Wildman–Crippen LogP) is -0.116. The lowest BCUT2D eigenvalue weighted by molar-refractivity contribution is 0.0999. The summed E-state index contributed by atoms with van der Waals surface area (Å²) >= 11 is 0. The Morgan fingerprint density at radius 3 is 2.70 bits per heavy atom. The Morgan fingerprint density at radius 2 is 2.30 bits per heavy atom. The van der Waals surface area contributed by atoms with Crippen molar-refractivity contribution in [3.8, 4) is 0 Å². The third kappa shape index (κ3) is 1.28. The molecule has 10 heavy (non-hydrogen) atoms. The minimum absolute atomic E-state index is 0.0907. The Labute approximate surface area is 62.3 Å². The molecule has 0 spiro atoms. The van der Waals surface area contributed by atoms with Gasteiger partial charge in [-0.05, 0) is 6.85 Å². The fourth-order valence-electron chi connectivity index (χ4n) is 0.455. The van der Waals surface area contributed by atoms with Gasteiger partial charge in [-0.1, -0.05) is 0 Å². The Hall–Kier alpha value is -1.45. The van der Waals surface area contributed by atoms with E-state index in [1.807, 2.05) is 0 Å². The molecule has 4 heteroatoms. The van der Waals surface area contributed by atoms with Crippen LogP contribution < -0.4 is 5.73 Å². The SMILES string of the molecule is [2H]C([2H])([2H])c1ncc(C(N)=O)cn1. The van der Waals surface area contributed by atoms with Gasteiger partial charge < -0.3 is 5.73 Å². The number of hydrogen-bond donors (Lipinski definition) is 1. The fourth-order valence-corrected chi connectivity index (χ4v) is 0.455. The van der Waals surface area contributed by atoms with E-state index in [9.17, 15) is 4.79 Å². The summed E-state index contributed by atoms with van der Waals surface area (Å²) in [5.74, 6) is -0.977. The van der Waals surface area contributed by atoms with Gasteiger partial charge in [-0.15, -0.1) is 0 Å². The number of carbonyl (C=O) groups is 1. The fraction of sp³-hybridized carbons (Fsp3) is 0.167. The van der Waals surface area contributed by atoms with Crippen LogP contribution in [0.3, 0.4) is 0 Å². The van der Waals surface area contributed by atoms with Crippen molar-refractivity contribution in [2.75, 3.05) is 0 Å². The third-order valence-electron chi connectivity index (χ3n) is 0.936. The van der Waals surface area contributed by atoms with E-state index in [0.29, 0.717) is 0 Å². The maximum absolute atomic E-state index is 10.6. The zero-order chi connectivity index (χ0) is 10.1. The molecule has 2 N–H and O–H groups in total. The van der Waals surface area contributed by atoms with Crippen molar-refractivity contribution < 1.29 is 8.91 Å². The Morgan fingerprint density at radius 1 is 1.70 bits per heavy atom. The zero-order valence-corrected chi connectivity index (χ0v) is 5.03. The molecule has 0 radical (unpaired) electrons. The van der Waals surface area contributed by atoms with Gasteiger partial charge in [-0.3, -0.25) is 4.79 Å². The standard InChI is InChI=1S/C6H7N3O/c1-4-8-2-5(3-9-4)6(7)10/h2-3H,1H3,(H2,7,10)/i1D3. The van der Waals surface area contributed by atoms with Crippen LogP contribution in [0.15, 0.2) is 12.4 Å². The summed E-state index contributed by atoms with van der Waals surface area (Å²) in [6.07, 6.45) is 2.19. The van der Waals surface area contributed by atoms with Crippen molar-refractivity contribution in [3.63, 3.8) is 0 Å². The van der Waals surface area contributed by atoms with Crippen molar-refractivity contribution in [2.45, 2.75) is 6.85 Å². The summed E-state index contributed by atoms with van der Waals surface area (Å²) in [5.41, 5.74) is 5.00. The molecule has 4 nitrogen and oxygen atoms in total. The van der Waals surface area contributed by atoms with Gasteiger partial charge in [0.05, 0.1) is 5.56 Å². The van der Waals surface area contributed by atoms with Crippen LogP contribution in [0.5, 0.6) is 0 Å². The molecule has 0 fully saturated rings. The van der Waals surface area contributed by atoms with Crippen LogP contribution in [0.2, 0.25) is 0 Å². The van der Waals surface area contributed by atoms with Crippen LogP contribution in [0.25, 0.3) is 0 Å². The summed E-state index contributed by atoms with van der Waals surface area (Å²) in [5, 5.41) is 0. The lowest BCUT2D eigenvalue weighted by Gasteiger charge is -1.92. The molecule has 1 heterocycles. The average molecular weight is 140 g/mol. The number of carbonyl (C=O) groups excluding carboxylic acids is 1. The molecule has 1 rings (SSSR count). The van der Waals surface area contributed by atoms with Crippen LogP contribution in [0.4, 0.5) is 0 Å².